The molecule has 0 amide bonds. The molecular weight excluding hydrogens is 336 g/mol. The lowest BCUT2D eigenvalue weighted by Gasteiger charge is -2.05. The van der Waals surface area contributed by atoms with Crippen LogP contribution in [0.2, 0.25) is 0 Å². The number of carbonyl (C=O) groups is 3. The van der Waals surface area contributed by atoms with Gasteiger partial charge in [0.15, 0.2) is 0 Å². The molecule has 0 aliphatic carbocycles. The average molecular weight is 347 g/mol. The maximum atomic E-state index is 11.7. The van der Waals surface area contributed by atoms with Crippen molar-refractivity contribution < 1.29 is 24.2 Å². The van der Waals surface area contributed by atoms with Gasteiger partial charge in [-0.1, -0.05) is 0 Å². The first-order valence-electron chi connectivity index (χ1n) is 5.31. The maximum Gasteiger partial charge on any atom is 0.379 e. The quantitative estimate of drug-likeness (QED) is 0.368. The molecule has 0 saturated heterocycles. The lowest BCUT2D eigenvalue weighted by Crippen LogP contribution is -2.17. The third kappa shape index (κ3) is 4.68. The van der Waals surface area contributed by atoms with Crippen molar-refractivity contribution in [1.82, 2.24) is 0 Å². The molecule has 1 N–H and O–H groups in total. The Hall–Kier alpha value is -1.34. The Morgan fingerprint density at radius 3 is 2.58 bits per heavy atom. The number of aliphatic carboxylic acids is 1. The van der Waals surface area contributed by atoms with E-state index in [-0.39, 0.29) is 17.9 Å². The fraction of sp³-hybridized carbons (Fsp3) is 0.250. The van der Waals surface area contributed by atoms with Crippen LogP contribution in [0.3, 0.4) is 0 Å². The van der Waals surface area contributed by atoms with Crippen molar-refractivity contribution in [2.75, 3.05) is 12.4 Å². The Morgan fingerprint density at radius 1 is 1.37 bits per heavy atom. The lowest BCUT2D eigenvalue weighted by atomic mass is 10.1. The summed E-state index contributed by atoms with van der Waals surface area (Å²) in [6, 6.07) is 4.65. The molecule has 0 spiro atoms. The van der Waals surface area contributed by atoms with Crippen LogP contribution in [0.5, 0.6) is 0 Å². The maximum absolute atomic E-state index is 11.7. The number of carbonyl (C=O) groups excluding carboxylic acids is 2. The highest BCUT2D eigenvalue weighted by atomic mass is 79.9. The van der Waals surface area contributed by atoms with Gasteiger partial charge in [-0.2, -0.15) is 0 Å². The summed E-state index contributed by atoms with van der Waals surface area (Å²) >= 11 is 4.31. The molecule has 0 fully saturated rings. The molecular formula is C12H11BrO5S. The summed E-state index contributed by atoms with van der Waals surface area (Å²) in [4.78, 5) is 34.2. The van der Waals surface area contributed by atoms with E-state index in [9.17, 15) is 14.4 Å². The van der Waals surface area contributed by atoms with E-state index in [0.29, 0.717) is 9.37 Å². The van der Waals surface area contributed by atoms with Crippen molar-refractivity contribution in [2.24, 2.45) is 0 Å². The molecule has 7 heteroatoms. The Labute approximate surface area is 122 Å². The van der Waals surface area contributed by atoms with Gasteiger partial charge in [0.05, 0.1) is 12.4 Å². The molecule has 1 rings (SSSR count). The van der Waals surface area contributed by atoms with Crippen molar-refractivity contribution in [3.8, 4) is 0 Å². The second kappa shape index (κ2) is 7.30. The van der Waals surface area contributed by atoms with Crippen LogP contribution in [0.4, 0.5) is 0 Å². The largest absolute Gasteiger partial charge is 0.481 e. The summed E-state index contributed by atoms with van der Waals surface area (Å²) in [6.45, 7) is 1.75. The highest BCUT2D eigenvalue weighted by Crippen LogP contribution is 2.25. The zero-order valence-corrected chi connectivity index (χ0v) is 12.4. The molecule has 19 heavy (non-hydrogen) atoms. The number of ether oxygens (including phenoxy) is 1. The minimum atomic E-state index is -0.923. The summed E-state index contributed by atoms with van der Waals surface area (Å²) in [5, 5.41) is 8.57. The van der Waals surface area contributed by atoms with Crippen LogP contribution in [0.15, 0.2) is 27.6 Å². The monoisotopic (exact) mass is 346 g/mol. The lowest BCUT2D eigenvalue weighted by molar-refractivity contribution is -0.137. The topological polar surface area (TPSA) is 80.7 Å². The van der Waals surface area contributed by atoms with Gasteiger partial charge < -0.3 is 9.84 Å². The van der Waals surface area contributed by atoms with Crippen LogP contribution in [0.1, 0.15) is 17.3 Å². The third-order valence-corrected chi connectivity index (χ3v) is 3.64. The van der Waals surface area contributed by atoms with E-state index in [2.05, 4.69) is 20.7 Å². The van der Waals surface area contributed by atoms with E-state index >= 15 is 0 Å². The number of hydrogen-bond acceptors (Lipinski definition) is 5. The molecule has 0 atom stereocenters. The van der Waals surface area contributed by atoms with Crippen LogP contribution in [0, 0.1) is 0 Å². The van der Waals surface area contributed by atoms with Gasteiger partial charge in [0.25, 0.3) is 5.78 Å². The number of carboxylic acid groups (broad SMARTS) is 1. The number of esters is 1. The summed E-state index contributed by atoms with van der Waals surface area (Å²) in [5.74, 6) is -2.64. The zero-order valence-electron chi connectivity index (χ0n) is 10.0. The molecule has 0 saturated carbocycles. The number of ketones is 1. The second-order valence-corrected chi connectivity index (χ2v) is 5.28. The van der Waals surface area contributed by atoms with Crippen molar-refractivity contribution >= 4 is 45.4 Å². The van der Waals surface area contributed by atoms with Crippen molar-refractivity contribution in [3.05, 3.63) is 28.2 Å². The van der Waals surface area contributed by atoms with Gasteiger partial charge in [0, 0.05) is 14.9 Å². The summed E-state index contributed by atoms with van der Waals surface area (Å²) in [5.41, 5.74) is 0.193. The number of rotatable bonds is 6. The summed E-state index contributed by atoms with van der Waals surface area (Å²) in [6.07, 6.45) is 0. The molecule has 0 aliphatic heterocycles. The van der Waals surface area contributed by atoms with Crippen LogP contribution >= 0.6 is 27.7 Å². The first-order chi connectivity index (χ1) is 8.95. The average Bonchev–Trinajstić information content (AvgIpc) is 2.36. The SMILES string of the molecule is CCOC(=O)C(=O)c1ccc(SCC(=O)O)cc1Br. The number of benzene rings is 1. The molecule has 5 nitrogen and oxygen atoms in total. The van der Waals surface area contributed by atoms with Gasteiger partial charge in [-0.15, -0.1) is 11.8 Å². The third-order valence-electron chi connectivity index (χ3n) is 2.01. The fourth-order valence-corrected chi connectivity index (χ4v) is 2.59. The summed E-state index contributed by atoms with van der Waals surface area (Å²) < 4.78 is 5.06. The predicted octanol–water partition coefficient (Wildman–Crippen LogP) is 2.37. The molecule has 0 aliphatic rings. The number of thioether (sulfide) groups is 1. The number of carboxylic acids is 1. The van der Waals surface area contributed by atoms with Crippen LogP contribution in [-0.2, 0) is 14.3 Å². The minimum Gasteiger partial charge on any atom is -0.481 e. The second-order valence-electron chi connectivity index (χ2n) is 3.37. The highest BCUT2D eigenvalue weighted by molar-refractivity contribution is 9.10. The van der Waals surface area contributed by atoms with E-state index in [0.717, 1.165) is 11.8 Å². The molecule has 0 bridgehead atoms. The smallest absolute Gasteiger partial charge is 0.379 e. The van der Waals surface area contributed by atoms with E-state index in [1.54, 1.807) is 19.1 Å². The highest BCUT2D eigenvalue weighted by Gasteiger charge is 2.20. The van der Waals surface area contributed by atoms with E-state index in [1.165, 1.54) is 6.07 Å². The standard InChI is InChI=1S/C12H11BrO5S/c1-2-18-12(17)11(16)8-4-3-7(5-9(8)13)19-6-10(14)15/h3-5H,2,6H2,1H3,(H,14,15). The fourth-order valence-electron chi connectivity index (χ4n) is 1.22. The van der Waals surface area contributed by atoms with Crippen molar-refractivity contribution in [1.29, 1.82) is 0 Å². The van der Waals surface area contributed by atoms with Gasteiger partial charge in [-0.05, 0) is 41.1 Å². The predicted molar refractivity (Wildman–Crippen MR) is 73.5 cm³/mol. The van der Waals surface area contributed by atoms with E-state index in [4.69, 9.17) is 5.11 Å². The van der Waals surface area contributed by atoms with Crippen LogP contribution in [-0.4, -0.2) is 35.2 Å². The van der Waals surface area contributed by atoms with Gasteiger partial charge in [0.2, 0.25) is 0 Å². The van der Waals surface area contributed by atoms with Gasteiger partial charge in [-0.25, -0.2) is 4.79 Å². The Bertz CT molecular complexity index is 515. The molecule has 0 aromatic heterocycles. The number of hydrogen-bond donors (Lipinski definition) is 1. The van der Waals surface area contributed by atoms with Crippen LogP contribution < -0.4 is 0 Å². The summed E-state index contributed by atoms with van der Waals surface area (Å²) in [7, 11) is 0. The van der Waals surface area contributed by atoms with Gasteiger partial charge in [0.1, 0.15) is 0 Å². The van der Waals surface area contributed by atoms with Crippen molar-refractivity contribution in [2.45, 2.75) is 11.8 Å². The molecule has 0 unspecified atom stereocenters. The van der Waals surface area contributed by atoms with E-state index < -0.39 is 17.7 Å². The molecule has 0 radical (unpaired) electrons. The van der Waals surface area contributed by atoms with E-state index in [1.807, 2.05) is 0 Å². The molecule has 102 valence electrons. The zero-order chi connectivity index (χ0) is 14.4. The Balaban J connectivity index is 2.85. The molecule has 1 aromatic carbocycles. The Morgan fingerprint density at radius 2 is 2.05 bits per heavy atom. The first kappa shape index (κ1) is 15.7. The van der Waals surface area contributed by atoms with Gasteiger partial charge in [-0.3, -0.25) is 9.59 Å². The van der Waals surface area contributed by atoms with Gasteiger partial charge >= 0.3 is 11.9 Å². The number of Topliss-reactive ketones (excluding diaryl/α,β-unsaturated/α-hetero) is 1. The normalized spacial score (nSPS) is 10.0. The minimum absolute atomic E-state index is 0.0718. The van der Waals surface area contributed by atoms with Crippen LogP contribution in [0.25, 0.3) is 0 Å². The molecule has 0 heterocycles. The molecule has 1 aromatic rings. The first-order valence-corrected chi connectivity index (χ1v) is 7.09. The Kier molecular flexibility index (Phi) is 6.04. The number of halogens is 1. The van der Waals surface area contributed by atoms with Crippen molar-refractivity contribution in [3.63, 3.8) is 0 Å².